The van der Waals surface area contributed by atoms with Crippen LogP contribution in [0.5, 0.6) is 5.75 Å². The highest BCUT2D eigenvalue weighted by Gasteiger charge is 2.11. The molecule has 1 unspecified atom stereocenters. The van der Waals surface area contributed by atoms with Crippen LogP contribution >= 0.6 is 15.9 Å². The topological polar surface area (TPSA) is 9.23 Å². The highest BCUT2D eigenvalue weighted by atomic mass is 79.9. The van der Waals surface area contributed by atoms with Crippen LogP contribution in [0.4, 0.5) is 4.39 Å². The van der Waals surface area contributed by atoms with Gasteiger partial charge in [0.2, 0.25) is 0 Å². The molecule has 0 spiro atoms. The molecule has 1 aromatic rings. The van der Waals surface area contributed by atoms with Gasteiger partial charge >= 0.3 is 0 Å². The molecular formula is C12H16BrFO. The zero-order valence-electron chi connectivity index (χ0n) is 9.09. The van der Waals surface area contributed by atoms with Crippen LogP contribution in [-0.2, 0) is 0 Å². The fraction of sp³-hybridized carbons (Fsp3) is 0.500. The van der Waals surface area contributed by atoms with Gasteiger partial charge < -0.3 is 4.74 Å². The lowest BCUT2D eigenvalue weighted by Crippen LogP contribution is -2.01. The van der Waals surface area contributed by atoms with Crippen LogP contribution in [0, 0.1) is 5.82 Å². The molecule has 1 aromatic carbocycles. The van der Waals surface area contributed by atoms with Crippen LogP contribution in [-0.4, -0.2) is 12.4 Å². The van der Waals surface area contributed by atoms with Gasteiger partial charge in [0.25, 0.3) is 0 Å². The highest BCUT2D eigenvalue weighted by molar-refractivity contribution is 9.09. The molecule has 0 aromatic heterocycles. The maximum absolute atomic E-state index is 13.4. The Morgan fingerprint density at radius 3 is 2.67 bits per heavy atom. The van der Waals surface area contributed by atoms with Crippen LogP contribution in [0.2, 0.25) is 0 Å². The number of halogens is 2. The number of hydrogen-bond donors (Lipinski definition) is 0. The third kappa shape index (κ3) is 3.20. The molecule has 0 fully saturated rings. The lowest BCUT2D eigenvalue weighted by molar-refractivity contribution is 0.386. The molecule has 0 N–H and O–H groups in total. The van der Waals surface area contributed by atoms with E-state index in [-0.39, 0.29) is 5.82 Å². The van der Waals surface area contributed by atoms with E-state index in [0.29, 0.717) is 11.7 Å². The van der Waals surface area contributed by atoms with Crippen LogP contribution < -0.4 is 4.74 Å². The highest BCUT2D eigenvalue weighted by Crippen LogP contribution is 2.27. The maximum atomic E-state index is 13.4. The predicted octanol–water partition coefficient (Wildman–Crippen LogP) is 4.11. The van der Waals surface area contributed by atoms with Crippen molar-refractivity contribution < 1.29 is 9.13 Å². The zero-order valence-corrected chi connectivity index (χ0v) is 10.7. The molecule has 1 atom stereocenters. The SMILES string of the molecule is CCCC(CBr)c1ccc(OC)c(F)c1. The molecule has 84 valence electrons. The predicted molar refractivity (Wildman–Crippen MR) is 64.4 cm³/mol. The maximum Gasteiger partial charge on any atom is 0.165 e. The number of hydrogen-bond acceptors (Lipinski definition) is 1. The second-order valence-corrected chi connectivity index (χ2v) is 4.18. The first-order valence-electron chi connectivity index (χ1n) is 5.12. The van der Waals surface area contributed by atoms with E-state index in [0.717, 1.165) is 23.7 Å². The lowest BCUT2D eigenvalue weighted by atomic mass is 9.96. The summed E-state index contributed by atoms with van der Waals surface area (Å²) in [6.45, 7) is 2.13. The summed E-state index contributed by atoms with van der Waals surface area (Å²) in [5.74, 6) is 0.413. The molecule has 3 heteroatoms. The van der Waals surface area contributed by atoms with E-state index in [9.17, 15) is 4.39 Å². The first kappa shape index (κ1) is 12.5. The summed E-state index contributed by atoms with van der Waals surface area (Å²) in [5.41, 5.74) is 1.03. The Labute approximate surface area is 98.8 Å². The van der Waals surface area contributed by atoms with Crippen LogP contribution in [0.1, 0.15) is 31.2 Å². The summed E-state index contributed by atoms with van der Waals surface area (Å²) in [6.07, 6.45) is 2.17. The Kier molecular flexibility index (Phi) is 5.09. The van der Waals surface area contributed by atoms with Gasteiger partial charge in [0.1, 0.15) is 0 Å². The third-order valence-electron chi connectivity index (χ3n) is 2.47. The first-order chi connectivity index (χ1) is 7.22. The zero-order chi connectivity index (χ0) is 11.3. The molecule has 0 bridgehead atoms. The van der Waals surface area contributed by atoms with Crippen LogP contribution in [0.3, 0.4) is 0 Å². The summed E-state index contributed by atoms with van der Waals surface area (Å²) in [5, 5.41) is 0.868. The molecule has 0 aliphatic rings. The summed E-state index contributed by atoms with van der Waals surface area (Å²) in [4.78, 5) is 0. The van der Waals surface area contributed by atoms with Crippen molar-refractivity contribution >= 4 is 15.9 Å². The number of rotatable bonds is 5. The Morgan fingerprint density at radius 1 is 1.47 bits per heavy atom. The van der Waals surface area contributed by atoms with Crippen molar-refractivity contribution in [3.05, 3.63) is 29.6 Å². The van der Waals surface area contributed by atoms with Gasteiger partial charge in [-0.3, -0.25) is 0 Å². The fourth-order valence-electron chi connectivity index (χ4n) is 1.62. The average Bonchev–Trinajstić information content (AvgIpc) is 2.25. The van der Waals surface area contributed by atoms with Crippen molar-refractivity contribution in [2.75, 3.05) is 12.4 Å². The van der Waals surface area contributed by atoms with Crippen LogP contribution in [0.25, 0.3) is 0 Å². The molecule has 1 rings (SSSR count). The fourth-order valence-corrected chi connectivity index (χ4v) is 2.32. The van der Waals surface area contributed by atoms with E-state index < -0.39 is 0 Å². The van der Waals surface area contributed by atoms with Crippen molar-refractivity contribution in [3.8, 4) is 5.75 Å². The molecular weight excluding hydrogens is 259 g/mol. The second-order valence-electron chi connectivity index (χ2n) is 3.53. The lowest BCUT2D eigenvalue weighted by Gasteiger charge is -2.14. The minimum Gasteiger partial charge on any atom is -0.494 e. The molecule has 0 saturated heterocycles. The number of ether oxygens (including phenoxy) is 1. The molecule has 15 heavy (non-hydrogen) atoms. The van der Waals surface area contributed by atoms with E-state index in [1.165, 1.54) is 7.11 Å². The van der Waals surface area contributed by atoms with E-state index in [1.807, 2.05) is 6.07 Å². The molecule has 0 saturated carbocycles. The van der Waals surface area contributed by atoms with Crippen molar-refractivity contribution in [2.24, 2.45) is 0 Å². The third-order valence-corrected chi connectivity index (χ3v) is 3.25. The summed E-state index contributed by atoms with van der Waals surface area (Å²) in [6, 6.07) is 5.19. The monoisotopic (exact) mass is 274 g/mol. The van der Waals surface area contributed by atoms with Gasteiger partial charge in [0, 0.05) is 5.33 Å². The van der Waals surface area contributed by atoms with Gasteiger partial charge in [-0.2, -0.15) is 0 Å². The smallest absolute Gasteiger partial charge is 0.165 e. The van der Waals surface area contributed by atoms with E-state index >= 15 is 0 Å². The van der Waals surface area contributed by atoms with Gasteiger partial charge in [-0.25, -0.2) is 4.39 Å². The van der Waals surface area contributed by atoms with Gasteiger partial charge in [-0.15, -0.1) is 0 Å². The van der Waals surface area contributed by atoms with Crippen molar-refractivity contribution in [1.82, 2.24) is 0 Å². The second kappa shape index (κ2) is 6.11. The Balaban J connectivity index is 2.89. The minimum absolute atomic E-state index is 0.281. The summed E-state index contributed by atoms with van der Waals surface area (Å²) >= 11 is 3.46. The Hall–Kier alpha value is -0.570. The first-order valence-corrected chi connectivity index (χ1v) is 6.24. The van der Waals surface area contributed by atoms with E-state index in [4.69, 9.17) is 4.74 Å². The molecule has 0 amide bonds. The Morgan fingerprint density at radius 2 is 2.20 bits per heavy atom. The van der Waals surface area contributed by atoms with Crippen molar-refractivity contribution in [2.45, 2.75) is 25.7 Å². The van der Waals surface area contributed by atoms with E-state index in [2.05, 4.69) is 22.9 Å². The molecule has 0 radical (unpaired) electrons. The van der Waals surface area contributed by atoms with Gasteiger partial charge in [-0.1, -0.05) is 35.3 Å². The Bertz CT molecular complexity index is 314. The number of alkyl halides is 1. The minimum atomic E-state index is -0.281. The van der Waals surface area contributed by atoms with Crippen molar-refractivity contribution in [3.63, 3.8) is 0 Å². The van der Waals surface area contributed by atoms with Gasteiger partial charge in [-0.05, 0) is 30.0 Å². The quantitative estimate of drug-likeness (QED) is 0.735. The summed E-state index contributed by atoms with van der Waals surface area (Å²) < 4.78 is 18.3. The standard InChI is InChI=1S/C12H16BrFO/c1-3-4-10(8-13)9-5-6-12(15-2)11(14)7-9/h5-7,10H,3-4,8H2,1-2H3. The van der Waals surface area contributed by atoms with E-state index in [1.54, 1.807) is 12.1 Å². The number of methoxy groups -OCH3 is 1. The molecule has 0 heterocycles. The largest absolute Gasteiger partial charge is 0.494 e. The number of benzene rings is 1. The van der Waals surface area contributed by atoms with Crippen molar-refractivity contribution in [1.29, 1.82) is 0 Å². The van der Waals surface area contributed by atoms with Gasteiger partial charge in [0.05, 0.1) is 7.11 Å². The molecule has 1 nitrogen and oxygen atoms in total. The summed E-state index contributed by atoms with van der Waals surface area (Å²) in [7, 11) is 1.48. The normalized spacial score (nSPS) is 12.5. The average molecular weight is 275 g/mol. The van der Waals surface area contributed by atoms with Gasteiger partial charge in [0.15, 0.2) is 11.6 Å². The van der Waals surface area contributed by atoms with Crippen LogP contribution in [0.15, 0.2) is 18.2 Å². The molecule has 0 aliphatic heterocycles. The molecule has 0 aliphatic carbocycles.